The predicted octanol–water partition coefficient (Wildman–Crippen LogP) is 5.49. The molecule has 0 bridgehead atoms. The first kappa shape index (κ1) is 23.2. The van der Waals surface area contributed by atoms with Crippen molar-refractivity contribution >= 4 is 56.4 Å². The molecule has 1 fully saturated rings. The van der Waals surface area contributed by atoms with Crippen LogP contribution in [-0.4, -0.2) is 23.5 Å². The molecule has 0 unspecified atom stereocenters. The van der Waals surface area contributed by atoms with Crippen LogP contribution in [-0.2, 0) is 4.79 Å². The van der Waals surface area contributed by atoms with Crippen LogP contribution < -0.4 is 20.7 Å². The molecule has 164 valence electrons. The summed E-state index contributed by atoms with van der Waals surface area (Å²) < 4.78 is 6.16. The largest absolute Gasteiger partial charge is 0.493 e. The molecule has 0 spiro atoms. The highest BCUT2D eigenvalue weighted by Gasteiger charge is 2.21. The van der Waals surface area contributed by atoms with E-state index in [0.717, 1.165) is 25.7 Å². The van der Waals surface area contributed by atoms with E-state index in [0.29, 0.717) is 33.8 Å². The van der Waals surface area contributed by atoms with E-state index in [9.17, 15) is 9.59 Å². The molecule has 8 heteroatoms. The number of anilines is 2. The summed E-state index contributed by atoms with van der Waals surface area (Å²) in [6.07, 6.45) is 5.32. The maximum atomic E-state index is 12.5. The van der Waals surface area contributed by atoms with Crippen molar-refractivity contribution in [2.24, 2.45) is 5.92 Å². The lowest BCUT2D eigenvalue weighted by Crippen LogP contribution is -2.34. The van der Waals surface area contributed by atoms with E-state index < -0.39 is 0 Å². The van der Waals surface area contributed by atoms with Gasteiger partial charge in [0.25, 0.3) is 5.91 Å². The summed E-state index contributed by atoms with van der Waals surface area (Å²) in [5, 5.41) is 8.82. The van der Waals surface area contributed by atoms with Gasteiger partial charge in [-0.25, -0.2) is 0 Å². The van der Waals surface area contributed by atoms with Gasteiger partial charge in [0.15, 0.2) is 5.11 Å². The van der Waals surface area contributed by atoms with Crippen LogP contribution in [0.5, 0.6) is 5.75 Å². The van der Waals surface area contributed by atoms with Crippen molar-refractivity contribution in [2.45, 2.75) is 39.0 Å². The van der Waals surface area contributed by atoms with E-state index in [1.54, 1.807) is 24.3 Å². The normalized spacial score (nSPS) is 13.9. The SMILES string of the molecule is CCOc1ccc(C(=O)NC(=S)Nc2cccc(NC(=O)C3CCCCC3)c2)cc1Br. The molecule has 0 radical (unpaired) electrons. The molecule has 1 aliphatic rings. The minimum Gasteiger partial charge on any atom is -0.493 e. The third-order valence-electron chi connectivity index (χ3n) is 5.08. The number of carbonyl (C=O) groups is 2. The number of halogens is 1. The average Bonchev–Trinajstić information content (AvgIpc) is 2.76. The molecule has 0 aromatic heterocycles. The molecule has 2 aromatic rings. The number of carbonyl (C=O) groups excluding carboxylic acids is 2. The van der Waals surface area contributed by atoms with E-state index in [1.807, 2.05) is 25.1 Å². The quantitative estimate of drug-likeness (QED) is 0.454. The Balaban J connectivity index is 1.56. The Kier molecular flexibility index (Phi) is 8.43. The maximum Gasteiger partial charge on any atom is 0.257 e. The van der Waals surface area contributed by atoms with Gasteiger partial charge >= 0.3 is 0 Å². The Morgan fingerprint density at radius 3 is 2.45 bits per heavy atom. The molecule has 0 heterocycles. The lowest BCUT2D eigenvalue weighted by Gasteiger charge is -2.21. The van der Waals surface area contributed by atoms with Gasteiger partial charge in [-0.15, -0.1) is 0 Å². The van der Waals surface area contributed by atoms with Gasteiger partial charge in [0.05, 0.1) is 11.1 Å². The van der Waals surface area contributed by atoms with Crippen LogP contribution in [0.15, 0.2) is 46.9 Å². The monoisotopic (exact) mass is 503 g/mol. The van der Waals surface area contributed by atoms with E-state index in [4.69, 9.17) is 17.0 Å². The van der Waals surface area contributed by atoms with Gasteiger partial charge in [-0.3, -0.25) is 14.9 Å². The Morgan fingerprint density at radius 2 is 1.77 bits per heavy atom. The predicted molar refractivity (Wildman–Crippen MR) is 131 cm³/mol. The highest BCUT2D eigenvalue weighted by Crippen LogP contribution is 2.27. The zero-order valence-electron chi connectivity index (χ0n) is 17.4. The van der Waals surface area contributed by atoms with Gasteiger partial charge in [0.1, 0.15) is 5.75 Å². The number of benzene rings is 2. The molecule has 2 amide bonds. The summed E-state index contributed by atoms with van der Waals surface area (Å²) in [6.45, 7) is 2.44. The number of nitrogens with one attached hydrogen (secondary N) is 3. The number of hydrogen-bond donors (Lipinski definition) is 3. The Labute approximate surface area is 196 Å². The summed E-state index contributed by atoms with van der Waals surface area (Å²) in [6, 6.07) is 12.4. The fourth-order valence-electron chi connectivity index (χ4n) is 3.54. The van der Waals surface area contributed by atoms with Gasteiger partial charge in [-0.2, -0.15) is 0 Å². The molecule has 1 saturated carbocycles. The number of hydrogen-bond acceptors (Lipinski definition) is 4. The van der Waals surface area contributed by atoms with Gasteiger partial charge in [-0.05, 0) is 84.3 Å². The summed E-state index contributed by atoms with van der Waals surface area (Å²) in [7, 11) is 0. The smallest absolute Gasteiger partial charge is 0.257 e. The molecule has 3 rings (SSSR count). The number of ether oxygens (including phenoxy) is 1. The van der Waals surface area contributed by atoms with Crippen LogP contribution in [0.25, 0.3) is 0 Å². The van der Waals surface area contributed by atoms with Crippen LogP contribution in [0.3, 0.4) is 0 Å². The third-order valence-corrected chi connectivity index (χ3v) is 5.91. The molecule has 3 N–H and O–H groups in total. The lowest BCUT2D eigenvalue weighted by atomic mass is 9.88. The minimum atomic E-state index is -0.331. The highest BCUT2D eigenvalue weighted by atomic mass is 79.9. The van der Waals surface area contributed by atoms with Gasteiger partial charge < -0.3 is 15.4 Å². The highest BCUT2D eigenvalue weighted by molar-refractivity contribution is 9.10. The van der Waals surface area contributed by atoms with Crippen molar-refractivity contribution in [3.8, 4) is 5.75 Å². The molecule has 2 aromatic carbocycles. The molecule has 0 aliphatic heterocycles. The first-order chi connectivity index (χ1) is 15.0. The van der Waals surface area contributed by atoms with E-state index in [1.165, 1.54) is 6.42 Å². The molecule has 31 heavy (non-hydrogen) atoms. The van der Waals surface area contributed by atoms with Gasteiger partial charge in [0.2, 0.25) is 5.91 Å². The summed E-state index contributed by atoms with van der Waals surface area (Å²) in [5.74, 6) is 0.489. The lowest BCUT2D eigenvalue weighted by molar-refractivity contribution is -0.120. The van der Waals surface area contributed by atoms with Crippen molar-refractivity contribution in [1.82, 2.24) is 5.32 Å². The van der Waals surface area contributed by atoms with Crippen LogP contribution in [0.2, 0.25) is 0 Å². The van der Waals surface area contributed by atoms with Crippen LogP contribution >= 0.6 is 28.1 Å². The Hall–Kier alpha value is -2.45. The minimum absolute atomic E-state index is 0.0637. The zero-order chi connectivity index (χ0) is 22.2. The van der Waals surface area contributed by atoms with Crippen molar-refractivity contribution in [2.75, 3.05) is 17.2 Å². The molecule has 6 nitrogen and oxygen atoms in total. The number of amides is 2. The van der Waals surface area contributed by atoms with Crippen molar-refractivity contribution in [3.05, 3.63) is 52.5 Å². The fourth-order valence-corrected chi connectivity index (χ4v) is 4.24. The molecular formula is C23H26BrN3O3S. The topological polar surface area (TPSA) is 79.5 Å². The number of rotatable bonds is 6. The molecule has 0 atom stereocenters. The van der Waals surface area contributed by atoms with Crippen molar-refractivity contribution < 1.29 is 14.3 Å². The van der Waals surface area contributed by atoms with Crippen molar-refractivity contribution in [3.63, 3.8) is 0 Å². The van der Waals surface area contributed by atoms with E-state index in [-0.39, 0.29) is 22.8 Å². The average molecular weight is 504 g/mol. The number of thiocarbonyl (C=S) groups is 1. The maximum absolute atomic E-state index is 12.5. The molecule has 0 saturated heterocycles. The second kappa shape index (κ2) is 11.2. The van der Waals surface area contributed by atoms with Gasteiger partial charge in [0, 0.05) is 22.9 Å². The van der Waals surface area contributed by atoms with Crippen LogP contribution in [0, 0.1) is 5.92 Å². The van der Waals surface area contributed by atoms with E-state index >= 15 is 0 Å². The van der Waals surface area contributed by atoms with Crippen LogP contribution in [0.1, 0.15) is 49.4 Å². The first-order valence-electron chi connectivity index (χ1n) is 10.4. The van der Waals surface area contributed by atoms with Gasteiger partial charge in [-0.1, -0.05) is 25.3 Å². The third kappa shape index (κ3) is 6.77. The summed E-state index contributed by atoms with van der Waals surface area (Å²) in [5.41, 5.74) is 1.83. The summed E-state index contributed by atoms with van der Waals surface area (Å²) in [4.78, 5) is 25.0. The molecule has 1 aliphatic carbocycles. The second-order valence-electron chi connectivity index (χ2n) is 7.39. The second-order valence-corrected chi connectivity index (χ2v) is 8.65. The fraction of sp³-hybridized carbons (Fsp3) is 0.348. The Bertz CT molecular complexity index is 961. The van der Waals surface area contributed by atoms with Crippen molar-refractivity contribution in [1.29, 1.82) is 0 Å². The first-order valence-corrected chi connectivity index (χ1v) is 11.6. The molecular weight excluding hydrogens is 478 g/mol. The van der Waals surface area contributed by atoms with E-state index in [2.05, 4.69) is 31.9 Å². The zero-order valence-corrected chi connectivity index (χ0v) is 19.8. The van der Waals surface area contributed by atoms with Crippen LogP contribution in [0.4, 0.5) is 11.4 Å². The standard InChI is InChI=1S/C23H26BrN3O3S/c1-2-30-20-12-11-16(13-19(20)24)22(29)27-23(31)26-18-10-6-9-17(14-18)25-21(28)15-7-4-3-5-8-15/h6,9-15H,2-5,7-8H2,1H3,(H,25,28)(H2,26,27,29,31). The Morgan fingerprint density at radius 1 is 1.06 bits per heavy atom. The summed E-state index contributed by atoms with van der Waals surface area (Å²) >= 11 is 8.68.